The summed E-state index contributed by atoms with van der Waals surface area (Å²) in [6.07, 6.45) is 1.14. The number of ether oxygens (including phenoxy) is 2. The number of furan rings is 1. The summed E-state index contributed by atoms with van der Waals surface area (Å²) in [5, 5.41) is 0.375. The molecule has 0 amide bonds. The van der Waals surface area contributed by atoms with Gasteiger partial charge >= 0.3 is 11.9 Å². The van der Waals surface area contributed by atoms with Crippen molar-refractivity contribution in [3.8, 4) is 0 Å². The van der Waals surface area contributed by atoms with E-state index < -0.39 is 11.9 Å². The highest BCUT2D eigenvalue weighted by Crippen LogP contribution is 2.27. The highest BCUT2D eigenvalue weighted by atomic mass is 32.1. The van der Waals surface area contributed by atoms with Gasteiger partial charge in [0.15, 0.2) is 0 Å². The minimum atomic E-state index is -0.559. The molecule has 148 valence electrons. The number of nitrogens with zero attached hydrogens (tertiary/aromatic N) is 2. The molecule has 0 aliphatic heterocycles. The van der Waals surface area contributed by atoms with Crippen LogP contribution < -0.4 is 5.56 Å². The van der Waals surface area contributed by atoms with Crippen molar-refractivity contribution in [3.05, 3.63) is 50.8 Å². The fourth-order valence-electron chi connectivity index (χ4n) is 2.68. The molecule has 0 aliphatic rings. The van der Waals surface area contributed by atoms with Crippen molar-refractivity contribution in [2.75, 3.05) is 6.61 Å². The fourth-order valence-corrected chi connectivity index (χ4v) is 3.70. The molecule has 3 heterocycles. The van der Waals surface area contributed by atoms with Crippen LogP contribution in [0.5, 0.6) is 0 Å². The number of fused-ring (bicyclic) bond motifs is 1. The van der Waals surface area contributed by atoms with E-state index in [1.807, 2.05) is 0 Å². The minimum Gasteiger partial charge on any atom is -0.460 e. The SMILES string of the molecule is CCOC(=O)c1ccc(Cn2cnc3sc(C(=O)OC(C)C)c(C)c3c2=O)o1. The summed E-state index contributed by atoms with van der Waals surface area (Å²) >= 11 is 1.13. The third-order valence-electron chi connectivity index (χ3n) is 3.91. The van der Waals surface area contributed by atoms with Crippen LogP contribution in [0, 0.1) is 6.92 Å². The lowest BCUT2D eigenvalue weighted by Gasteiger charge is -2.06. The maximum absolute atomic E-state index is 12.9. The number of hydrogen-bond donors (Lipinski definition) is 0. The van der Waals surface area contributed by atoms with Gasteiger partial charge < -0.3 is 13.9 Å². The first kappa shape index (κ1) is 19.8. The Kier molecular flexibility index (Phi) is 5.64. The third-order valence-corrected chi connectivity index (χ3v) is 5.09. The van der Waals surface area contributed by atoms with Gasteiger partial charge in [-0.15, -0.1) is 11.3 Å². The maximum Gasteiger partial charge on any atom is 0.374 e. The number of aromatic nitrogens is 2. The lowest BCUT2D eigenvalue weighted by atomic mass is 10.2. The van der Waals surface area contributed by atoms with Crippen LogP contribution in [0.3, 0.4) is 0 Å². The molecule has 0 spiro atoms. The van der Waals surface area contributed by atoms with Gasteiger partial charge in [-0.1, -0.05) is 0 Å². The van der Waals surface area contributed by atoms with Gasteiger partial charge in [-0.05, 0) is 45.4 Å². The number of aryl methyl sites for hydroxylation is 1. The smallest absolute Gasteiger partial charge is 0.374 e. The van der Waals surface area contributed by atoms with Gasteiger partial charge in [0.25, 0.3) is 5.56 Å². The number of carbonyl (C=O) groups is 2. The molecule has 0 saturated heterocycles. The number of thiophene rings is 1. The van der Waals surface area contributed by atoms with Crippen LogP contribution in [0.2, 0.25) is 0 Å². The van der Waals surface area contributed by atoms with E-state index in [0.29, 0.717) is 26.4 Å². The molecule has 9 heteroatoms. The molecule has 0 aliphatic carbocycles. The van der Waals surface area contributed by atoms with Crippen molar-refractivity contribution < 1.29 is 23.5 Å². The zero-order chi connectivity index (χ0) is 20.4. The Morgan fingerprint density at radius 1 is 1.29 bits per heavy atom. The van der Waals surface area contributed by atoms with Crippen LogP contribution in [0.4, 0.5) is 0 Å². The van der Waals surface area contributed by atoms with E-state index >= 15 is 0 Å². The van der Waals surface area contributed by atoms with Gasteiger partial charge in [0.2, 0.25) is 5.76 Å². The molecule has 3 aromatic rings. The Morgan fingerprint density at radius 2 is 2.04 bits per heavy atom. The topological polar surface area (TPSA) is 101 Å². The van der Waals surface area contributed by atoms with Gasteiger partial charge in [0.05, 0.1) is 31.0 Å². The number of esters is 2. The van der Waals surface area contributed by atoms with Crippen molar-refractivity contribution in [2.24, 2.45) is 0 Å². The summed E-state index contributed by atoms with van der Waals surface area (Å²) in [6, 6.07) is 3.11. The van der Waals surface area contributed by atoms with Crippen LogP contribution in [0.15, 0.2) is 27.7 Å². The number of hydrogen-bond acceptors (Lipinski definition) is 8. The first-order chi connectivity index (χ1) is 13.3. The summed E-state index contributed by atoms with van der Waals surface area (Å²) in [6.45, 7) is 7.28. The maximum atomic E-state index is 12.9. The summed E-state index contributed by atoms with van der Waals surface area (Å²) in [4.78, 5) is 42.0. The van der Waals surface area contributed by atoms with E-state index in [4.69, 9.17) is 13.9 Å². The summed E-state index contributed by atoms with van der Waals surface area (Å²) in [5.74, 6) is -0.536. The second-order valence-electron chi connectivity index (χ2n) is 6.35. The molecule has 28 heavy (non-hydrogen) atoms. The Labute approximate surface area is 164 Å². The summed E-state index contributed by atoms with van der Waals surface area (Å²) in [7, 11) is 0. The molecule has 0 aromatic carbocycles. The molecular formula is C19H20N2O6S. The third kappa shape index (κ3) is 3.84. The van der Waals surface area contributed by atoms with E-state index in [9.17, 15) is 14.4 Å². The standard InChI is InChI=1S/C19H20N2O6S/c1-5-25-18(23)13-7-6-12(27-13)8-21-9-20-16-14(17(21)22)11(4)15(28-16)19(24)26-10(2)3/h6-7,9-10H,5,8H2,1-4H3. The molecule has 0 bridgehead atoms. The van der Waals surface area contributed by atoms with Gasteiger partial charge in [-0.25, -0.2) is 14.6 Å². The van der Waals surface area contributed by atoms with Crippen LogP contribution in [0.1, 0.15) is 52.3 Å². The summed E-state index contributed by atoms with van der Waals surface area (Å²) in [5.41, 5.74) is 0.251. The van der Waals surface area contributed by atoms with Crippen LogP contribution in [-0.2, 0) is 16.0 Å². The second kappa shape index (κ2) is 7.97. The minimum absolute atomic E-state index is 0.0735. The molecule has 0 radical (unpaired) electrons. The lowest BCUT2D eigenvalue weighted by molar-refractivity contribution is 0.0382. The van der Waals surface area contributed by atoms with E-state index in [1.165, 1.54) is 17.0 Å². The average molecular weight is 404 g/mol. The molecule has 0 unspecified atom stereocenters. The Morgan fingerprint density at radius 3 is 2.71 bits per heavy atom. The second-order valence-corrected chi connectivity index (χ2v) is 7.35. The quantitative estimate of drug-likeness (QED) is 0.582. The van der Waals surface area contributed by atoms with Crippen LogP contribution >= 0.6 is 11.3 Å². The molecular weight excluding hydrogens is 384 g/mol. The highest BCUT2D eigenvalue weighted by Gasteiger charge is 2.21. The van der Waals surface area contributed by atoms with E-state index in [0.717, 1.165) is 11.3 Å². The number of carbonyl (C=O) groups excluding carboxylic acids is 2. The van der Waals surface area contributed by atoms with Crippen molar-refractivity contribution in [3.63, 3.8) is 0 Å². The van der Waals surface area contributed by atoms with Crippen molar-refractivity contribution in [1.82, 2.24) is 9.55 Å². The lowest BCUT2D eigenvalue weighted by Crippen LogP contribution is -2.21. The van der Waals surface area contributed by atoms with Gasteiger partial charge in [0.1, 0.15) is 15.5 Å². The van der Waals surface area contributed by atoms with E-state index in [2.05, 4.69) is 4.98 Å². The largest absolute Gasteiger partial charge is 0.460 e. The summed E-state index contributed by atoms with van der Waals surface area (Å²) < 4.78 is 16.9. The zero-order valence-electron chi connectivity index (χ0n) is 16.0. The molecule has 0 atom stereocenters. The monoisotopic (exact) mass is 404 g/mol. The van der Waals surface area contributed by atoms with Crippen LogP contribution in [-0.4, -0.2) is 34.2 Å². The molecule has 0 N–H and O–H groups in total. The van der Waals surface area contributed by atoms with Crippen molar-refractivity contribution >= 4 is 33.5 Å². The van der Waals surface area contributed by atoms with Crippen molar-refractivity contribution in [2.45, 2.75) is 40.3 Å². The molecule has 0 saturated carbocycles. The van der Waals surface area contributed by atoms with Gasteiger partial charge in [0, 0.05) is 0 Å². The van der Waals surface area contributed by atoms with Crippen molar-refractivity contribution in [1.29, 1.82) is 0 Å². The molecule has 0 fully saturated rings. The highest BCUT2D eigenvalue weighted by molar-refractivity contribution is 7.20. The Hall–Kier alpha value is -2.94. The first-order valence-electron chi connectivity index (χ1n) is 8.77. The molecule has 3 rings (SSSR count). The van der Waals surface area contributed by atoms with E-state index in [1.54, 1.807) is 33.8 Å². The number of rotatable bonds is 6. The normalized spacial score (nSPS) is 11.2. The van der Waals surface area contributed by atoms with Crippen LogP contribution in [0.25, 0.3) is 10.2 Å². The van der Waals surface area contributed by atoms with E-state index in [-0.39, 0.29) is 30.6 Å². The molecule has 3 aromatic heterocycles. The Balaban J connectivity index is 1.92. The fraction of sp³-hybridized carbons (Fsp3) is 0.368. The predicted molar refractivity (Wildman–Crippen MR) is 103 cm³/mol. The van der Waals surface area contributed by atoms with Gasteiger partial charge in [-0.3, -0.25) is 9.36 Å². The average Bonchev–Trinajstić information content (AvgIpc) is 3.22. The molecule has 8 nitrogen and oxygen atoms in total. The zero-order valence-corrected chi connectivity index (χ0v) is 16.8. The van der Waals surface area contributed by atoms with Gasteiger partial charge in [-0.2, -0.15) is 0 Å². The Bertz CT molecular complexity index is 1090. The predicted octanol–water partition coefficient (Wildman–Crippen LogP) is 3.15. The first-order valence-corrected chi connectivity index (χ1v) is 9.58.